The number of hydrogen-bond donors (Lipinski definition) is 1. The predicted octanol–water partition coefficient (Wildman–Crippen LogP) is 5.09. The van der Waals surface area contributed by atoms with Gasteiger partial charge in [-0.05, 0) is 62.6 Å². The van der Waals surface area contributed by atoms with Crippen molar-refractivity contribution < 1.29 is 4.79 Å². The number of amides is 1. The quantitative estimate of drug-likeness (QED) is 0.439. The Kier molecular flexibility index (Phi) is 6.94. The largest absolute Gasteiger partial charge is 0.318 e. The molecule has 0 saturated carbocycles. The van der Waals surface area contributed by atoms with Gasteiger partial charge in [-0.2, -0.15) is 5.10 Å². The van der Waals surface area contributed by atoms with Crippen LogP contribution in [0.4, 0.5) is 0 Å². The molecule has 0 atom stereocenters. The first-order valence-electron chi connectivity index (χ1n) is 9.66. The fourth-order valence-electron chi connectivity index (χ4n) is 3.31. The third-order valence-electron chi connectivity index (χ3n) is 4.87. The van der Waals surface area contributed by atoms with Crippen LogP contribution in [-0.4, -0.2) is 22.4 Å². The molecule has 0 unspecified atom stereocenters. The van der Waals surface area contributed by atoms with E-state index < -0.39 is 0 Å². The van der Waals surface area contributed by atoms with Crippen LogP contribution < -0.4 is 5.43 Å². The lowest BCUT2D eigenvalue weighted by molar-refractivity contribution is -0.118. The zero-order chi connectivity index (χ0) is 20.8. The van der Waals surface area contributed by atoms with E-state index in [-0.39, 0.29) is 5.91 Å². The van der Waals surface area contributed by atoms with E-state index in [4.69, 9.17) is 0 Å². The molecule has 3 aromatic rings. The third-order valence-corrected chi connectivity index (χ3v) is 5.86. The van der Waals surface area contributed by atoms with Gasteiger partial charge in [-0.1, -0.05) is 36.4 Å². The number of aromatic nitrogens is 1. The van der Waals surface area contributed by atoms with Gasteiger partial charge in [-0.25, -0.2) is 5.43 Å². The molecule has 0 aliphatic rings. The molecule has 0 saturated heterocycles. The van der Waals surface area contributed by atoms with Crippen LogP contribution in [0.2, 0.25) is 0 Å². The highest BCUT2D eigenvalue weighted by atomic mass is 32.2. The van der Waals surface area contributed by atoms with E-state index >= 15 is 0 Å². The second kappa shape index (κ2) is 9.61. The highest BCUT2D eigenvalue weighted by Gasteiger charge is 2.09. The first-order valence-corrected chi connectivity index (χ1v) is 10.8. The van der Waals surface area contributed by atoms with Crippen LogP contribution in [0.15, 0.2) is 59.7 Å². The van der Waals surface area contributed by atoms with E-state index in [1.807, 2.05) is 12.1 Å². The van der Waals surface area contributed by atoms with Crippen molar-refractivity contribution in [2.45, 2.75) is 33.4 Å². The van der Waals surface area contributed by atoms with Gasteiger partial charge < -0.3 is 4.57 Å². The Bertz CT molecular complexity index is 1040. The van der Waals surface area contributed by atoms with Crippen LogP contribution >= 0.6 is 11.8 Å². The topological polar surface area (TPSA) is 46.4 Å². The molecule has 29 heavy (non-hydrogen) atoms. The molecule has 3 rings (SSSR count). The molecule has 0 spiro atoms. The van der Waals surface area contributed by atoms with Crippen LogP contribution in [0.5, 0.6) is 0 Å². The lowest BCUT2D eigenvalue weighted by Gasteiger charge is -2.10. The fourth-order valence-corrected chi connectivity index (χ4v) is 4.21. The standard InChI is InChI=1S/C24H27N3OS/c1-17-8-7-11-23(12-17)27-19(3)13-22(20(27)4)14-25-26-24(28)16-29-15-21-10-6-5-9-18(21)2/h5-14H,15-16H2,1-4H3,(H,26,28)/b25-14+. The Morgan fingerprint density at radius 2 is 1.86 bits per heavy atom. The minimum atomic E-state index is -0.0904. The number of aryl methyl sites for hydroxylation is 3. The second-order valence-electron chi connectivity index (χ2n) is 7.21. The minimum absolute atomic E-state index is 0.0904. The van der Waals surface area contributed by atoms with E-state index in [1.165, 1.54) is 16.7 Å². The third kappa shape index (κ3) is 5.39. The molecule has 0 aliphatic carbocycles. The number of nitrogens with zero attached hydrogens (tertiary/aromatic N) is 2. The van der Waals surface area contributed by atoms with Crippen molar-refractivity contribution in [3.05, 3.63) is 88.2 Å². The van der Waals surface area contributed by atoms with Gasteiger partial charge in [0.05, 0.1) is 12.0 Å². The molecule has 4 nitrogen and oxygen atoms in total. The zero-order valence-electron chi connectivity index (χ0n) is 17.4. The van der Waals surface area contributed by atoms with Gasteiger partial charge in [0.25, 0.3) is 0 Å². The Labute approximate surface area is 177 Å². The van der Waals surface area contributed by atoms with E-state index in [1.54, 1.807) is 18.0 Å². The van der Waals surface area contributed by atoms with Gasteiger partial charge in [-0.15, -0.1) is 11.8 Å². The van der Waals surface area contributed by atoms with Crippen molar-refractivity contribution in [3.8, 4) is 5.69 Å². The van der Waals surface area contributed by atoms with E-state index in [2.05, 4.69) is 85.3 Å². The summed E-state index contributed by atoms with van der Waals surface area (Å²) in [5.74, 6) is 1.11. The molecule has 1 N–H and O–H groups in total. The van der Waals surface area contributed by atoms with Gasteiger partial charge in [0.15, 0.2) is 0 Å². The molecule has 5 heteroatoms. The van der Waals surface area contributed by atoms with Gasteiger partial charge in [0.1, 0.15) is 0 Å². The maximum atomic E-state index is 12.1. The number of carbonyl (C=O) groups is 1. The van der Waals surface area contributed by atoms with Crippen molar-refractivity contribution in [2.75, 3.05) is 5.75 Å². The summed E-state index contributed by atoms with van der Waals surface area (Å²) in [6.45, 7) is 8.32. The molecule has 0 radical (unpaired) electrons. The number of carbonyl (C=O) groups excluding carboxylic acids is 1. The minimum Gasteiger partial charge on any atom is -0.318 e. The number of hydrazone groups is 1. The molecule has 150 valence electrons. The number of nitrogens with one attached hydrogen (secondary N) is 1. The maximum absolute atomic E-state index is 12.1. The van der Waals surface area contributed by atoms with Crippen LogP contribution in [-0.2, 0) is 10.5 Å². The average Bonchev–Trinajstić information content (AvgIpc) is 2.97. The second-order valence-corrected chi connectivity index (χ2v) is 8.20. The smallest absolute Gasteiger partial charge is 0.250 e. The summed E-state index contributed by atoms with van der Waals surface area (Å²) in [4.78, 5) is 12.1. The highest BCUT2D eigenvalue weighted by molar-refractivity contribution is 7.99. The maximum Gasteiger partial charge on any atom is 0.250 e. The summed E-state index contributed by atoms with van der Waals surface area (Å²) >= 11 is 1.59. The van der Waals surface area contributed by atoms with E-state index in [9.17, 15) is 4.79 Å². The van der Waals surface area contributed by atoms with Crippen molar-refractivity contribution in [1.29, 1.82) is 0 Å². The number of benzene rings is 2. The summed E-state index contributed by atoms with van der Waals surface area (Å²) in [7, 11) is 0. The molecular weight excluding hydrogens is 378 g/mol. The highest BCUT2D eigenvalue weighted by Crippen LogP contribution is 2.20. The van der Waals surface area contributed by atoms with E-state index in [0.29, 0.717) is 5.75 Å². The lowest BCUT2D eigenvalue weighted by atomic mass is 10.1. The van der Waals surface area contributed by atoms with Crippen molar-refractivity contribution in [1.82, 2.24) is 9.99 Å². The molecule has 1 heterocycles. The van der Waals surface area contributed by atoms with Crippen molar-refractivity contribution in [2.24, 2.45) is 5.10 Å². The summed E-state index contributed by atoms with van der Waals surface area (Å²) in [6.07, 6.45) is 1.72. The molecule has 0 fully saturated rings. The number of rotatable bonds is 7. The fraction of sp³-hybridized carbons (Fsp3) is 0.250. The normalized spacial score (nSPS) is 11.2. The summed E-state index contributed by atoms with van der Waals surface area (Å²) in [5.41, 5.74) is 10.7. The first kappa shape index (κ1) is 20.9. The Morgan fingerprint density at radius 1 is 1.07 bits per heavy atom. The Hall–Kier alpha value is -2.79. The molecule has 1 aromatic heterocycles. The van der Waals surface area contributed by atoms with E-state index in [0.717, 1.165) is 28.4 Å². The van der Waals surface area contributed by atoms with Gasteiger partial charge >= 0.3 is 0 Å². The summed E-state index contributed by atoms with van der Waals surface area (Å²) < 4.78 is 2.20. The molecule has 1 amide bonds. The van der Waals surface area contributed by atoms with Gasteiger partial charge in [0.2, 0.25) is 5.91 Å². The SMILES string of the molecule is Cc1cccc(-n2c(C)cc(/C=N/NC(=O)CSCc3ccccc3C)c2C)c1. The first-order chi connectivity index (χ1) is 14.0. The Balaban J connectivity index is 1.57. The summed E-state index contributed by atoms with van der Waals surface area (Å²) in [6, 6.07) is 18.7. The predicted molar refractivity (Wildman–Crippen MR) is 123 cm³/mol. The Morgan fingerprint density at radius 3 is 2.62 bits per heavy atom. The van der Waals surface area contributed by atoms with Crippen LogP contribution in [0.1, 0.15) is 33.6 Å². The summed E-state index contributed by atoms with van der Waals surface area (Å²) in [5, 5.41) is 4.16. The molecule has 0 bridgehead atoms. The van der Waals surface area contributed by atoms with Crippen LogP contribution in [0, 0.1) is 27.7 Å². The van der Waals surface area contributed by atoms with Gasteiger partial charge in [0, 0.05) is 28.4 Å². The van der Waals surface area contributed by atoms with Gasteiger partial charge in [-0.3, -0.25) is 4.79 Å². The average molecular weight is 406 g/mol. The monoisotopic (exact) mass is 405 g/mol. The molecule has 2 aromatic carbocycles. The molecular formula is C24H27N3OS. The van der Waals surface area contributed by atoms with Crippen molar-refractivity contribution >= 4 is 23.9 Å². The van der Waals surface area contributed by atoms with Crippen LogP contribution in [0.25, 0.3) is 5.69 Å². The number of hydrogen-bond acceptors (Lipinski definition) is 3. The van der Waals surface area contributed by atoms with Crippen molar-refractivity contribution in [3.63, 3.8) is 0 Å². The van der Waals surface area contributed by atoms with Crippen LogP contribution in [0.3, 0.4) is 0 Å². The number of thioether (sulfide) groups is 1. The molecule has 0 aliphatic heterocycles. The lowest BCUT2D eigenvalue weighted by Crippen LogP contribution is -2.19. The zero-order valence-corrected chi connectivity index (χ0v) is 18.2.